The number of aromatic hydroxyl groups is 1. The Morgan fingerprint density at radius 1 is 0.396 bits per heavy atom. The molecule has 0 aliphatic heterocycles. The van der Waals surface area contributed by atoms with Crippen LogP contribution < -0.4 is 14.2 Å². The van der Waals surface area contributed by atoms with Gasteiger partial charge in [-0.1, -0.05) is 207 Å². The van der Waals surface area contributed by atoms with E-state index in [9.17, 15) is 15.0 Å². The summed E-state index contributed by atoms with van der Waals surface area (Å²) in [6, 6.07) is 0. The van der Waals surface area contributed by atoms with Crippen molar-refractivity contribution >= 4 is 6.16 Å². The highest BCUT2D eigenvalue weighted by Gasteiger charge is 2.29. The maximum atomic E-state index is 12.0. The predicted octanol–water partition coefficient (Wildman–Crippen LogP) is 15.9. The van der Waals surface area contributed by atoms with Crippen LogP contribution in [0.25, 0.3) is 0 Å². The Morgan fingerprint density at radius 2 is 0.698 bits per heavy atom. The van der Waals surface area contributed by atoms with Gasteiger partial charge >= 0.3 is 6.16 Å². The molecule has 0 spiro atoms. The highest BCUT2D eigenvalue weighted by molar-refractivity contribution is 5.72. The molecule has 6 heteroatoms. The number of rotatable bonds is 39. The quantitative estimate of drug-likeness (QED) is 0.0396. The lowest BCUT2D eigenvalue weighted by Crippen LogP contribution is -2.12. The van der Waals surface area contributed by atoms with Crippen molar-refractivity contribution < 1.29 is 29.2 Å². The third kappa shape index (κ3) is 24.8. The molecular formula is C47H86O6. The summed E-state index contributed by atoms with van der Waals surface area (Å²) < 4.78 is 18.5. The van der Waals surface area contributed by atoms with E-state index < -0.39 is 6.16 Å². The number of phenols is 1. The molecule has 0 saturated heterocycles. The lowest BCUT2D eigenvalue weighted by atomic mass is 9.93. The molecule has 53 heavy (non-hydrogen) atoms. The first-order chi connectivity index (χ1) is 26.0. The Balaban J connectivity index is 3.26. The number of hydrogen-bond acceptors (Lipinski definition) is 5. The zero-order chi connectivity index (χ0) is 38.6. The summed E-state index contributed by atoms with van der Waals surface area (Å²) in [7, 11) is 0. The highest BCUT2D eigenvalue weighted by atomic mass is 16.7. The van der Waals surface area contributed by atoms with Crippen LogP contribution >= 0.6 is 0 Å². The monoisotopic (exact) mass is 747 g/mol. The van der Waals surface area contributed by atoms with Crippen LogP contribution in [0, 0.1) is 0 Å². The van der Waals surface area contributed by atoms with Crippen molar-refractivity contribution in [1.82, 2.24) is 0 Å². The molecule has 6 nitrogen and oxygen atoms in total. The van der Waals surface area contributed by atoms with Crippen LogP contribution in [0.3, 0.4) is 0 Å². The van der Waals surface area contributed by atoms with Crippen molar-refractivity contribution in [2.24, 2.45) is 0 Å². The molecule has 0 radical (unpaired) electrons. The van der Waals surface area contributed by atoms with Crippen molar-refractivity contribution in [2.45, 2.75) is 246 Å². The van der Waals surface area contributed by atoms with E-state index in [2.05, 4.69) is 27.7 Å². The van der Waals surface area contributed by atoms with Crippen LogP contribution in [-0.2, 0) is 12.8 Å². The minimum atomic E-state index is -1.44. The maximum Gasteiger partial charge on any atom is 0.511 e. The van der Waals surface area contributed by atoms with Crippen LogP contribution in [-0.4, -0.2) is 29.6 Å². The molecule has 2 N–H and O–H groups in total. The summed E-state index contributed by atoms with van der Waals surface area (Å²) in [5, 5.41) is 21.6. The summed E-state index contributed by atoms with van der Waals surface area (Å²) in [6.07, 6.45) is 38.5. The maximum absolute atomic E-state index is 12.0. The third-order valence-corrected chi connectivity index (χ3v) is 10.8. The second-order valence-corrected chi connectivity index (χ2v) is 15.8. The molecule has 0 aliphatic rings. The van der Waals surface area contributed by atoms with Crippen LogP contribution in [0.2, 0.25) is 0 Å². The SMILES string of the molecule is CCCCCCCCCCOc1c(CCCCCCCCCC)c(CCCCCCCCCC)c(O)c(OC(=O)O)c1OCCCCCCCCCC. The van der Waals surface area contributed by atoms with Gasteiger partial charge < -0.3 is 24.4 Å². The van der Waals surface area contributed by atoms with E-state index in [1.807, 2.05) is 0 Å². The minimum Gasteiger partial charge on any atom is -0.504 e. The molecule has 0 aromatic heterocycles. The molecule has 1 aromatic rings. The number of phenolic OH excluding ortho intramolecular Hbond substituents is 1. The number of carbonyl (C=O) groups is 1. The fourth-order valence-corrected chi connectivity index (χ4v) is 7.46. The molecule has 0 heterocycles. The van der Waals surface area contributed by atoms with Crippen molar-refractivity contribution in [2.75, 3.05) is 13.2 Å². The lowest BCUT2D eigenvalue weighted by Gasteiger charge is -2.23. The van der Waals surface area contributed by atoms with Gasteiger partial charge in [0.25, 0.3) is 0 Å². The molecule has 1 rings (SSSR count). The van der Waals surface area contributed by atoms with E-state index in [-0.39, 0.29) is 17.2 Å². The summed E-state index contributed by atoms with van der Waals surface area (Å²) in [6.45, 7) is 9.99. The van der Waals surface area contributed by atoms with Crippen molar-refractivity contribution in [3.8, 4) is 23.0 Å². The number of unbranched alkanes of at least 4 members (excludes halogenated alkanes) is 28. The average molecular weight is 747 g/mol. The summed E-state index contributed by atoms with van der Waals surface area (Å²) >= 11 is 0. The van der Waals surface area contributed by atoms with Gasteiger partial charge in [0.15, 0.2) is 11.5 Å². The van der Waals surface area contributed by atoms with Crippen LogP contribution in [0.15, 0.2) is 0 Å². The van der Waals surface area contributed by atoms with E-state index in [4.69, 9.17) is 14.2 Å². The lowest BCUT2D eigenvalue weighted by molar-refractivity contribution is 0.139. The molecule has 0 fully saturated rings. The van der Waals surface area contributed by atoms with E-state index >= 15 is 0 Å². The Bertz CT molecular complexity index is 992. The molecule has 0 unspecified atom stereocenters. The molecule has 310 valence electrons. The molecule has 0 saturated carbocycles. The fraction of sp³-hybridized carbons (Fsp3) is 0.851. The fourth-order valence-electron chi connectivity index (χ4n) is 7.46. The van der Waals surface area contributed by atoms with Gasteiger partial charge in [0.05, 0.1) is 13.2 Å². The van der Waals surface area contributed by atoms with Gasteiger partial charge in [0.1, 0.15) is 0 Å². The third-order valence-electron chi connectivity index (χ3n) is 10.8. The Labute approximate surface area is 327 Å². The first kappa shape index (κ1) is 48.9. The van der Waals surface area contributed by atoms with E-state index in [1.165, 1.54) is 154 Å². The summed E-state index contributed by atoms with van der Waals surface area (Å²) in [5.41, 5.74) is 1.79. The highest BCUT2D eigenvalue weighted by Crippen LogP contribution is 2.51. The second-order valence-electron chi connectivity index (χ2n) is 15.8. The Hall–Kier alpha value is -2.11. The van der Waals surface area contributed by atoms with Gasteiger partial charge in [-0.05, 0) is 38.5 Å². The standard InChI is InChI=1S/C47H86O6/c1-5-9-13-17-21-25-29-33-37-41-42(38-34-30-26-22-18-14-10-6-2)44(51-39-35-31-27-23-19-15-11-7-3)46(45(43(41)48)53-47(49)50)52-40-36-32-28-24-20-16-12-8-4/h48H,5-40H2,1-4H3,(H,49,50). The summed E-state index contributed by atoms with van der Waals surface area (Å²) in [4.78, 5) is 12.0. The van der Waals surface area contributed by atoms with Crippen molar-refractivity contribution in [3.05, 3.63) is 11.1 Å². The molecule has 1 aromatic carbocycles. The van der Waals surface area contributed by atoms with Crippen LogP contribution in [0.1, 0.15) is 244 Å². The first-order valence-electron chi connectivity index (χ1n) is 23.1. The van der Waals surface area contributed by atoms with E-state index in [0.29, 0.717) is 25.4 Å². The summed E-state index contributed by atoms with van der Waals surface area (Å²) in [5.74, 6) is 0.730. The zero-order valence-corrected chi connectivity index (χ0v) is 35.5. The Morgan fingerprint density at radius 3 is 1.06 bits per heavy atom. The van der Waals surface area contributed by atoms with Crippen LogP contribution in [0.4, 0.5) is 4.79 Å². The van der Waals surface area contributed by atoms with E-state index in [0.717, 1.165) is 68.9 Å². The first-order valence-corrected chi connectivity index (χ1v) is 23.1. The Kier molecular flexibility index (Phi) is 32.8. The van der Waals surface area contributed by atoms with Gasteiger partial charge in [-0.25, -0.2) is 4.79 Å². The number of ether oxygens (including phenoxy) is 3. The number of hydrogen-bond donors (Lipinski definition) is 2. The number of benzene rings is 1. The molecule has 0 bridgehead atoms. The zero-order valence-electron chi connectivity index (χ0n) is 35.5. The van der Waals surface area contributed by atoms with Gasteiger partial charge in [0, 0.05) is 11.1 Å². The van der Waals surface area contributed by atoms with Gasteiger partial charge in [-0.2, -0.15) is 0 Å². The van der Waals surface area contributed by atoms with Gasteiger partial charge in [-0.3, -0.25) is 0 Å². The molecular weight excluding hydrogens is 661 g/mol. The smallest absolute Gasteiger partial charge is 0.504 e. The van der Waals surface area contributed by atoms with Crippen LogP contribution in [0.5, 0.6) is 23.0 Å². The van der Waals surface area contributed by atoms with Crippen molar-refractivity contribution in [1.29, 1.82) is 0 Å². The van der Waals surface area contributed by atoms with Crippen molar-refractivity contribution in [3.63, 3.8) is 0 Å². The second kappa shape index (κ2) is 35.6. The van der Waals surface area contributed by atoms with Gasteiger partial charge in [0.2, 0.25) is 11.5 Å². The predicted molar refractivity (Wildman–Crippen MR) is 226 cm³/mol. The molecule has 0 atom stereocenters. The van der Waals surface area contributed by atoms with E-state index in [1.54, 1.807) is 0 Å². The minimum absolute atomic E-state index is 0.0738. The topological polar surface area (TPSA) is 85.2 Å². The number of carboxylic acid groups (broad SMARTS) is 1. The normalized spacial score (nSPS) is 11.3. The molecule has 0 amide bonds. The van der Waals surface area contributed by atoms with Gasteiger partial charge in [-0.15, -0.1) is 0 Å². The molecule has 0 aliphatic carbocycles. The average Bonchev–Trinajstić information content (AvgIpc) is 3.15. The largest absolute Gasteiger partial charge is 0.511 e.